The maximum Gasteiger partial charge on any atom is 0.0635 e. The van der Waals surface area contributed by atoms with Gasteiger partial charge in [0.15, 0.2) is 0 Å². The number of nitrogens with zero attached hydrogens (tertiary/aromatic N) is 2. The molecular formula is C11H18BrN3. The van der Waals surface area contributed by atoms with Gasteiger partial charge >= 0.3 is 0 Å². The molecule has 84 valence electrons. The van der Waals surface area contributed by atoms with Crippen LogP contribution >= 0.6 is 15.9 Å². The van der Waals surface area contributed by atoms with E-state index in [1.54, 1.807) is 0 Å². The van der Waals surface area contributed by atoms with Crippen molar-refractivity contribution in [3.05, 3.63) is 16.4 Å². The van der Waals surface area contributed by atoms with Crippen molar-refractivity contribution in [3.63, 3.8) is 0 Å². The van der Waals surface area contributed by atoms with E-state index in [4.69, 9.17) is 0 Å². The summed E-state index contributed by atoms with van der Waals surface area (Å²) in [4.78, 5) is 0. The second-order valence-electron chi connectivity index (χ2n) is 4.52. The normalized spacial score (nSPS) is 26.9. The van der Waals surface area contributed by atoms with Crippen LogP contribution in [0.5, 0.6) is 0 Å². The molecule has 1 saturated heterocycles. The molecule has 0 aromatic carbocycles. The summed E-state index contributed by atoms with van der Waals surface area (Å²) in [7, 11) is 2.01. The van der Waals surface area contributed by atoms with E-state index >= 15 is 0 Å². The van der Waals surface area contributed by atoms with Gasteiger partial charge in [0, 0.05) is 13.1 Å². The molecule has 1 aliphatic heterocycles. The lowest BCUT2D eigenvalue weighted by Crippen LogP contribution is -2.37. The summed E-state index contributed by atoms with van der Waals surface area (Å²) in [6, 6.07) is 0.691. The van der Waals surface area contributed by atoms with E-state index in [1.165, 1.54) is 18.5 Å². The highest BCUT2D eigenvalue weighted by Gasteiger charge is 2.20. The highest BCUT2D eigenvalue weighted by molar-refractivity contribution is 9.10. The van der Waals surface area contributed by atoms with E-state index in [1.807, 2.05) is 17.9 Å². The van der Waals surface area contributed by atoms with Crippen molar-refractivity contribution in [1.82, 2.24) is 15.1 Å². The second-order valence-corrected chi connectivity index (χ2v) is 5.37. The third-order valence-electron chi connectivity index (χ3n) is 3.26. The first-order valence-electron chi connectivity index (χ1n) is 5.56. The van der Waals surface area contributed by atoms with Crippen molar-refractivity contribution >= 4 is 15.9 Å². The van der Waals surface area contributed by atoms with Gasteiger partial charge in [-0.3, -0.25) is 4.68 Å². The average molecular weight is 272 g/mol. The van der Waals surface area contributed by atoms with Crippen molar-refractivity contribution in [3.8, 4) is 0 Å². The summed E-state index contributed by atoms with van der Waals surface area (Å²) in [5, 5.41) is 7.78. The van der Waals surface area contributed by atoms with Crippen LogP contribution in [0.4, 0.5) is 0 Å². The number of rotatable bonds is 2. The van der Waals surface area contributed by atoms with E-state index in [2.05, 4.69) is 33.3 Å². The third-order valence-corrected chi connectivity index (χ3v) is 3.92. The minimum atomic E-state index is 0.691. The molecule has 15 heavy (non-hydrogen) atoms. The van der Waals surface area contributed by atoms with Crippen LogP contribution < -0.4 is 5.32 Å². The first-order chi connectivity index (χ1) is 7.16. The molecule has 0 aliphatic carbocycles. The zero-order valence-corrected chi connectivity index (χ0v) is 10.9. The Morgan fingerprint density at radius 3 is 2.93 bits per heavy atom. The van der Waals surface area contributed by atoms with Crippen LogP contribution in [0.1, 0.15) is 25.5 Å². The molecule has 0 radical (unpaired) electrons. The molecule has 1 aliphatic rings. The number of halogens is 1. The van der Waals surface area contributed by atoms with Crippen LogP contribution in [-0.4, -0.2) is 22.4 Å². The van der Waals surface area contributed by atoms with Gasteiger partial charge in [-0.25, -0.2) is 0 Å². The molecule has 3 nitrogen and oxygen atoms in total. The Morgan fingerprint density at radius 1 is 1.60 bits per heavy atom. The molecule has 2 atom stereocenters. The summed E-state index contributed by atoms with van der Waals surface area (Å²) in [6.45, 7) is 3.40. The quantitative estimate of drug-likeness (QED) is 0.893. The Kier molecular flexibility index (Phi) is 3.46. The molecule has 1 aromatic rings. The molecule has 2 unspecified atom stereocenters. The van der Waals surface area contributed by atoms with Crippen LogP contribution in [0.3, 0.4) is 0 Å². The van der Waals surface area contributed by atoms with Gasteiger partial charge in [-0.15, -0.1) is 0 Å². The fourth-order valence-electron chi connectivity index (χ4n) is 2.17. The zero-order chi connectivity index (χ0) is 10.8. The average Bonchev–Trinajstić information content (AvgIpc) is 2.53. The standard InChI is InChI=1S/C11H18BrN3/c1-8-3-4-9(6-13-8)5-11-10(12)7-14-15(11)2/h7-9,13H,3-6H2,1-2H3. The van der Waals surface area contributed by atoms with Gasteiger partial charge in [0.25, 0.3) is 0 Å². The molecule has 0 bridgehead atoms. The predicted octanol–water partition coefficient (Wildman–Crippen LogP) is 2.11. The van der Waals surface area contributed by atoms with Gasteiger partial charge in [-0.1, -0.05) is 0 Å². The lowest BCUT2D eigenvalue weighted by atomic mass is 9.91. The minimum absolute atomic E-state index is 0.691. The SMILES string of the molecule is CC1CCC(Cc2c(Br)cnn2C)CN1. The third kappa shape index (κ3) is 2.61. The summed E-state index contributed by atoms with van der Waals surface area (Å²) < 4.78 is 3.12. The molecule has 1 fully saturated rings. The Morgan fingerprint density at radius 2 is 2.40 bits per heavy atom. The number of aryl methyl sites for hydroxylation is 1. The highest BCUT2D eigenvalue weighted by Crippen LogP contribution is 2.23. The van der Waals surface area contributed by atoms with Gasteiger partial charge in [-0.05, 0) is 54.6 Å². The van der Waals surface area contributed by atoms with Crippen molar-refractivity contribution in [2.75, 3.05) is 6.54 Å². The van der Waals surface area contributed by atoms with Crippen LogP contribution in [0.2, 0.25) is 0 Å². The Balaban J connectivity index is 1.97. The lowest BCUT2D eigenvalue weighted by Gasteiger charge is -2.27. The summed E-state index contributed by atoms with van der Waals surface area (Å²) in [5.41, 5.74) is 1.32. The Labute approximate surface area is 99.4 Å². The van der Waals surface area contributed by atoms with Crippen molar-refractivity contribution in [2.45, 2.75) is 32.2 Å². The maximum absolute atomic E-state index is 4.25. The van der Waals surface area contributed by atoms with Crippen LogP contribution in [0.25, 0.3) is 0 Å². The van der Waals surface area contributed by atoms with E-state index in [0.29, 0.717) is 6.04 Å². The van der Waals surface area contributed by atoms with E-state index in [0.717, 1.165) is 23.4 Å². The van der Waals surface area contributed by atoms with Gasteiger partial charge in [0.1, 0.15) is 0 Å². The first kappa shape index (κ1) is 11.1. The van der Waals surface area contributed by atoms with Crippen LogP contribution in [0.15, 0.2) is 10.7 Å². The van der Waals surface area contributed by atoms with E-state index in [-0.39, 0.29) is 0 Å². The highest BCUT2D eigenvalue weighted by atomic mass is 79.9. The number of aromatic nitrogens is 2. The fraction of sp³-hybridized carbons (Fsp3) is 0.727. The second kappa shape index (κ2) is 4.66. The summed E-state index contributed by atoms with van der Waals surface area (Å²) in [5.74, 6) is 0.757. The smallest absolute Gasteiger partial charge is 0.0635 e. The van der Waals surface area contributed by atoms with Crippen LogP contribution in [-0.2, 0) is 13.5 Å². The Bertz CT molecular complexity index is 307. The minimum Gasteiger partial charge on any atom is -0.314 e. The van der Waals surface area contributed by atoms with Gasteiger partial charge in [0.05, 0.1) is 16.4 Å². The number of hydrogen-bond acceptors (Lipinski definition) is 2. The molecular weight excluding hydrogens is 254 g/mol. The summed E-state index contributed by atoms with van der Waals surface area (Å²) in [6.07, 6.45) is 5.62. The zero-order valence-electron chi connectivity index (χ0n) is 9.33. The molecule has 0 saturated carbocycles. The molecule has 4 heteroatoms. The molecule has 1 aromatic heterocycles. The molecule has 2 heterocycles. The first-order valence-corrected chi connectivity index (χ1v) is 6.36. The fourth-order valence-corrected chi connectivity index (χ4v) is 2.68. The maximum atomic E-state index is 4.25. The van der Waals surface area contributed by atoms with Gasteiger partial charge in [-0.2, -0.15) is 5.10 Å². The van der Waals surface area contributed by atoms with Gasteiger partial charge in [0.2, 0.25) is 0 Å². The number of piperidine rings is 1. The molecule has 1 N–H and O–H groups in total. The molecule has 0 amide bonds. The van der Waals surface area contributed by atoms with Gasteiger partial charge < -0.3 is 5.32 Å². The predicted molar refractivity (Wildman–Crippen MR) is 64.8 cm³/mol. The lowest BCUT2D eigenvalue weighted by molar-refractivity contribution is 0.318. The molecule has 2 rings (SSSR count). The monoisotopic (exact) mass is 271 g/mol. The van der Waals surface area contributed by atoms with Crippen LogP contribution in [0, 0.1) is 5.92 Å². The largest absolute Gasteiger partial charge is 0.314 e. The number of nitrogens with one attached hydrogen (secondary N) is 1. The Hall–Kier alpha value is -0.350. The number of hydrogen-bond donors (Lipinski definition) is 1. The van der Waals surface area contributed by atoms with E-state index in [9.17, 15) is 0 Å². The summed E-state index contributed by atoms with van der Waals surface area (Å²) >= 11 is 3.55. The van der Waals surface area contributed by atoms with Crippen molar-refractivity contribution < 1.29 is 0 Å². The van der Waals surface area contributed by atoms with E-state index < -0.39 is 0 Å². The topological polar surface area (TPSA) is 29.9 Å². The molecule has 0 spiro atoms. The van der Waals surface area contributed by atoms with Crippen molar-refractivity contribution in [2.24, 2.45) is 13.0 Å². The van der Waals surface area contributed by atoms with Crippen molar-refractivity contribution in [1.29, 1.82) is 0 Å².